The number of hydrogen-bond acceptors (Lipinski definition) is 5. The lowest BCUT2D eigenvalue weighted by atomic mass is 10.1. The molecule has 0 unspecified atom stereocenters. The zero-order valence-electron chi connectivity index (χ0n) is 10.8. The van der Waals surface area contributed by atoms with Crippen molar-refractivity contribution in [3.05, 3.63) is 55.8 Å². The largest absolute Gasteiger partial charge is 0.488 e. The predicted molar refractivity (Wildman–Crippen MR) is 73.3 cm³/mol. The Labute approximate surface area is 114 Å². The summed E-state index contributed by atoms with van der Waals surface area (Å²) in [6, 6.07) is 6.24. The van der Waals surface area contributed by atoms with Crippen molar-refractivity contribution in [2.24, 2.45) is 0 Å². The second kappa shape index (κ2) is 5.56. The van der Waals surface area contributed by atoms with Crippen LogP contribution in [0.4, 0.5) is 5.69 Å². The average Bonchev–Trinajstić information content (AvgIpc) is 2.46. The molecule has 0 spiro atoms. The van der Waals surface area contributed by atoms with Crippen molar-refractivity contribution >= 4 is 11.7 Å². The molecule has 0 heterocycles. The lowest BCUT2D eigenvalue weighted by molar-refractivity contribution is 0.0697. The van der Waals surface area contributed by atoms with Gasteiger partial charge in [-0.15, -0.1) is 0 Å². The van der Waals surface area contributed by atoms with Crippen LogP contribution >= 0.6 is 0 Å². The molecule has 0 fully saturated rings. The number of rotatable bonds is 6. The van der Waals surface area contributed by atoms with Crippen molar-refractivity contribution in [1.29, 1.82) is 0 Å². The maximum Gasteiger partial charge on any atom is 0.335 e. The highest BCUT2D eigenvalue weighted by Crippen LogP contribution is 2.18. The van der Waals surface area contributed by atoms with Gasteiger partial charge >= 0.3 is 5.97 Å². The highest BCUT2D eigenvalue weighted by Gasteiger charge is 2.21. The Hall–Kier alpha value is -2.63. The minimum atomic E-state index is -0.995. The lowest BCUT2D eigenvalue weighted by Crippen LogP contribution is -2.35. The Bertz CT molecular complexity index is 695. The van der Waals surface area contributed by atoms with Gasteiger partial charge in [-0.1, -0.05) is 12.1 Å². The van der Waals surface area contributed by atoms with Crippen molar-refractivity contribution in [2.75, 3.05) is 11.9 Å². The summed E-state index contributed by atoms with van der Waals surface area (Å²) in [5, 5.41) is 11.6. The Morgan fingerprint density at radius 1 is 1.20 bits per heavy atom. The van der Waals surface area contributed by atoms with E-state index in [-0.39, 0.29) is 17.0 Å². The molecule has 104 valence electrons. The summed E-state index contributed by atoms with van der Waals surface area (Å²) in [5.74, 6) is -0.926. The van der Waals surface area contributed by atoms with Gasteiger partial charge in [0.15, 0.2) is 5.75 Å². The minimum Gasteiger partial charge on any atom is -0.488 e. The minimum absolute atomic E-state index is 0.0691. The number of benzene rings is 1. The summed E-state index contributed by atoms with van der Waals surface area (Å²) in [6.45, 7) is 2.35. The summed E-state index contributed by atoms with van der Waals surface area (Å²) >= 11 is 0. The number of ether oxygens (including phenoxy) is 1. The lowest BCUT2D eigenvalue weighted by Gasteiger charge is -2.13. The number of nitrogens with one attached hydrogen (secondary N) is 1. The van der Waals surface area contributed by atoms with Crippen LogP contribution in [0.2, 0.25) is 0 Å². The monoisotopic (exact) mass is 275 g/mol. The molecule has 0 aliphatic heterocycles. The molecule has 0 aliphatic carbocycles. The Balaban J connectivity index is 2.06. The fraction of sp³-hybridized carbons (Fsp3) is 0.214. The van der Waals surface area contributed by atoms with E-state index in [2.05, 4.69) is 5.32 Å². The molecule has 2 rings (SSSR count). The topological polar surface area (TPSA) is 92.7 Å². The van der Waals surface area contributed by atoms with E-state index in [0.29, 0.717) is 13.2 Å². The van der Waals surface area contributed by atoms with Gasteiger partial charge in [-0.3, -0.25) is 9.59 Å². The van der Waals surface area contributed by atoms with Crippen LogP contribution < -0.4 is 20.9 Å². The van der Waals surface area contributed by atoms with Gasteiger partial charge in [0.1, 0.15) is 5.69 Å². The van der Waals surface area contributed by atoms with Crippen molar-refractivity contribution in [3.63, 3.8) is 0 Å². The van der Waals surface area contributed by atoms with Gasteiger partial charge in [0.25, 0.3) is 10.9 Å². The number of anilines is 1. The van der Waals surface area contributed by atoms with Gasteiger partial charge in [-0.2, -0.15) is 0 Å². The molecule has 2 aromatic rings. The van der Waals surface area contributed by atoms with Crippen LogP contribution in [-0.4, -0.2) is 17.7 Å². The molecule has 6 heteroatoms. The average molecular weight is 275 g/mol. The van der Waals surface area contributed by atoms with E-state index in [0.717, 1.165) is 5.56 Å². The smallest absolute Gasteiger partial charge is 0.335 e. The number of hydrogen-bond donors (Lipinski definition) is 2. The van der Waals surface area contributed by atoms with E-state index >= 15 is 0 Å². The first-order chi connectivity index (χ1) is 9.54. The summed E-state index contributed by atoms with van der Waals surface area (Å²) in [6.07, 6.45) is 0. The number of carboxylic acid groups (broad SMARTS) is 1. The van der Waals surface area contributed by atoms with Crippen LogP contribution in [0.5, 0.6) is 5.75 Å². The van der Waals surface area contributed by atoms with Crippen LogP contribution in [0, 0.1) is 0 Å². The maximum absolute atomic E-state index is 11.4. The standard InChI is InChI=1S/C14H13NO5/c1-2-20-13-10(11(16)12(13)17)15-7-8-3-5-9(6-4-8)14(18)19/h3-6,15H,2,7H2,1H3,(H,18,19). The second-order valence-corrected chi connectivity index (χ2v) is 4.15. The fourth-order valence-electron chi connectivity index (χ4n) is 1.77. The van der Waals surface area contributed by atoms with Gasteiger partial charge in [0, 0.05) is 6.54 Å². The molecule has 0 amide bonds. The Morgan fingerprint density at radius 2 is 1.85 bits per heavy atom. The molecular formula is C14H13NO5. The summed E-state index contributed by atoms with van der Waals surface area (Å²) in [7, 11) is 0. The van der Waals surface area contributed by atoms with Gasteiger partial charge in [-0.05, 0) is 24.6 Å². The van der Waals surface area contributed by atoms with E-state index in [4.69, 9.17) is 9.84 Å². The Kier molecular flexibility index (Phi) is 3.84. The molecule has 0 saturated heterocycles. The van der Waals surface area contributed by atoms with E-state index in [1.54, 1.807) is 19.1 Å². The third-order valence-corrected chi connectivity index (χ3v) is 2.83. The highest BCUT2D eigenvalue weighted by molar-refractivity contribution is 5.87. The van der Waals surface area contributed by atoms with Crippen LogP contribution in [0.15, 0.2) is 33.9 Å². The van der Waals surface area contributed by atoms with Crippen LogP contribution in [0.25, 0.3) is 0 Å². The third-order valence-electron chi connectivity index (χ3n) is 2.83. The normalized spacial score (nSPS) is 10.4. The van der Waals surface area contributed by atoms with E-state index < -0.39 is 16.8 Å². The molecule has 0 bridgehead atoms. The molecular weight excluding hydrogens is 262 g/mol. The number of aromatic carboxylic acids is 1. The number of carbonyl (C=O) groups is 1. The first kappa shape index (κ1) is 13.8. The molecule has 0 saturated carbocycles. The van der Waals surface area contributed by atoms with E-state index in [1.165, 1.54) is 12.1 Å². The van der Waals surface area contributed by atoms with Gasteiger partial charge in [0.05, 0.1) is 12.2 Å². The van der Waals surface area contributed by atoms with Crippen molar-refractivity contribution in [2.45, 2.75) is 13.5 Å². The molecule has 6 nitrogen and oxygen atoms in total. The molecule has 0 atom stereocenters. The summed E-state index contributed by atoms with van der Waals surface area (Å²) < 4.78 is 5.08. The molecule has 2 aromatic carbocycles. The van der Waals surface area contributed by atoms with Crippen molar-refractivity contribution < 1.29 is 14.6 Å². The second-order valence-electron chi connectivity index (χ2n) is 4.15. The zero-order valence-corrected chi connectivity index (χ0v) is 10.8. The SMILES string of the molecule is CCOc1c(NCc2ccc(C(=O)O)cc2)c(=O)c1=O. The highest BCUT2D eigenvalue weighted by atomic mass is 16.5. The molecule has 0 aliphatic rings. The van der Waals surface area contributed by atoms with E-state index in [1.807, 2.05) is 0 Å². The van der Waals surface area contributed by atoms with Crippen LogP contribution in [0.1, 0.15) is 22.8 Å². The fourth-order valence-corrected chi connectivity index (χ4v) is 1.77. The van der Waals surface area contributed by atoms with Gasteiger partial charge < -0.3 is 15.2 Å². The van der Waals surface area contributed by atoms with Gasteiger partial charge in [0.2, 0.25) is 0 Å². The predicted octanol–water partition coefficient (Wildman–Crippen LogP) is 0.992. The summed E-state index contributed by atoms with van der Waals surface area (Å²) in [5.41, 5.74) is -0.0336. The first-order valence-corrected chi connectivity index (χ1v) is 6.06. The zero-order chi connectivity index (χ0) is 14.7. The summed E-state index contributed by atoms with van der Waals surface area (Å²) in [4.78, 5) is 33.3. The van der Waals surface area contributed by atoms with Gasteiger partial charge in [-0.25, -0.2) is 4.79 Å². The quantitative estimate of drug-likeness (QED) is 0.764. The molecule has 0 radical (unpaired) electrons. The third kappa shape index (κ3) is 2.54. The molecule has 0 aromatic heterocycles. The first-order valence-electron chi connectivity index (χ1n) is 6.06. The van der Waals surface area contributed by atoms with Crippen LogP contribution in [0.3, 0.4) is 0 Å². The van der Waals surface area contributed by atoms with Crippen molar-refractivity contribution in [1.82, 2.24) is 0 Å². The van der Waals surface area contributed by atoms with Crippen LogP contribution in [-0.2, 0) is 6.54 Å². The Morgan fingerprint density at radius 3 is 2.40 bits per heavy atom. The number of carboxylic acids is 1. The maximum atomic E-state index is 11.4. The molecule has 2 N–H and O–H groups in total. The van der Waals surface area contributed by atoms with E-state index in [9.17, 15) is 14.4 Å². The van der Waals surface area contributed by atoms with Crippen molar-refractivity contribution in [3.8, 4) is 5.75 Å². The molecule has 20 heavy (non-hydrogen) atoms.